The second-order valence-electron chi connectivity index (χ2n) is 7.40. The molecule has 1 N–H and O–H groups in total. The van der Waals surface area contributed by atoms with Crippen molar-refractivity contribution in [3.8, 4) is 0 Å². The minimum absolute atomic E-state index is 0.0196. The number of thioether (sulfide) groups is 1. The van der Waals surface area contributed by atoms with Gasteiger partial charge in [0.2, 0.25) is 0 Å². The summed E-state index contributed by atoms with van der Waals surface area (Å²) in [6.45, 7) is 6.76. The SMILES string of the molecule is CC(CCN1CCN(c2ccccc2)CC1)NC(=O)c1ccc(SC(F)(F)F)cc1. The maximum atomic E-state index is 12.4. The molecular formula is C22H26F3N3OS. The number of anilines is 1. The van der Waals surface area contributed by atoms with Crippen LogP contribution < -0.4 is 10.2 Å². The van der Waals surface area contributed by atoms with Gasteiger partial charge in [-0.2, -0.15) is 13.2 Å². The van der Waals surface area contributed by atoms with E-state index in [0.717, 1.165) is 39.1 Å². The first-order valence-corrected chi connectivity index (χ1v) is 10.8. The van der Waals surface area contributed by atoms with E-state index in [1.165, 1.54) is 30.0 Å². The Bertz CT molecular complexity index is 807. The predicted octanol–water partition coefficient (Wildman–Crippen LogP) is 4.63. The number of nitrogens with one attached hydrogen (secondary N) is 1. The zero-order chi connectivity index (χ0) is 21.6. The van der Waals surface area contributed by atoms with E-state index < -0.39 is 5.51 Å². The van der Waals surface area contributed by atoms with Gasteiger partial charge in [-0.25, -0.2) is 0 Å². The molecule has 0 bridgehead atoms. The van der Waals surface area contributed by atoms with Crippen LogP contribution in [-0.2, 0) is 0 Å². The molecule has 1 heterocycles. The first-order valence-electron chi connectivity index (χ1n) is 9.99. The van der Waals surface area contributed by atoms with E-state index >= 15 is 0 Å². The van der Waals surface area contributed by atoms with Gasteiger partial charge < -0.3 is 10.2 Å². The third-order valence-electron chi connectivity index (χ3n) is 5.10. The van der Waals surface area contributed by atoms with Gasteiger partial charge in [0.05, 0.1) is 0 Å². The first kappa shape index (κ1) is 22.5. The summed E-state index contributed by atoms with van der Waals surface area (Å²) in [6, 6.07) is 15.9. The van der Waals surface area contributed by atoms with Crippen molar-refractivity contribution in [3.05, 3.63) is 60.2 Å². The number of para-hydroxylation sites is 1. The van der Waals surface area contributed by atoms with Gasteiger partial charge in [-0.15, -0.1) is 0 Å². The Morgan fingerprint density at radius 3 is 2.27 bits per heavy atom. The molecule has 3 rings (SSSR count). The Labute approximate surface area is 179 Å². The first-order chi connectivity index (χ1) is 14.3. The van der Waals surface area contributed by atoms with Crippen molar-refractivity contribution in [3.63, 3.8) is 0 Å². The summed E-state index contributed by atoms with van der Waals surface area (Å²) in [7, 11) is 0. The molecule has 162 valence electrons. The molecule has 2 aromatic rings. The van der Waals surface area contributed by atoms with Crippen LogP contribution in [0.1, 0.15) is 23.7 Å². The molecule has 8 heteroatoms. The third-order valence-corrected chi connectivity index (χ3v) is 5.84. The lowest BCUT2D eigenvalue weighted by Crippen LogP contribution is -2.47. The van der Waals surface area contributed by atoms with Crippen molar-refractivity contribution >= 4 is 23.4 Å². The molecule has 1 unspecified atom stereocenters. The Balaban J connectivity index is 1.39. The van der Waals surface area contributed by atoms with Crippen LogP contribution in [0.5, 0.6) is 0 Å². The molecule has 1 atom stereocenters. The maximum absolute atomic E-state index is 12.4. The van der Waals surface area contributed by atoms with Gasteiger partial charge in [-0.05, 0) is 61.5 Å². The molecule has 0 radical (unpaired) electrons. The molecule has 2 aromatic carbocycles. The topological polar surface area (TPSA) is 35.6 Å². The van der Waals surface area contributed by atoms with Gasteiger partial charge in [0.15, 0.2) is 0 Å². The number of nitrogens with zero attached hydrogens (tertiary/aromatic N) is 2. The highest BCUT2D eigenvalue weighted by molar-refractivity contribution is 8.00. The van der Waals surface area contributed by atoms with Crippen LogP contribution in [0.2, 0.25) is 0 Å². The number of alkyl halides is 3. The molecule has 4 nitrogen and oxygen atoms in total. The number of hydrogen-bond acceptors (Lipinski definition) is 4. The number of hydrogen-bond donors (Lipinski definition) is 1. The number of carbonyl (C=O) groups is 1. The highest BCUT2D eigenvalue weighted by Crippen LogP contribution is 2.36. The number of rotatable bonds is 7. The van der Waals surface area contributed by atoms with E-state index in [1.807, 2.05) is 13.0 Å². The molecular weight excluding hydrogens is 411 g/mol. The highest BCUT2D eigenvalue weighted by atomic mass is 32.2. The van der Waals surface area contributed by atoms with Crippen LogP contribution in [0.25, 0.3) is 0 Å². The maximum Gasteiger partial charge on any atom is 0.446 e. The average Bonchev–Trinajstić information content (AvgIpc) is 2.72. The van der Waals surface area contributed by atoms with E-state index in [9.17, 15) is 18.0 Å². The van der Waals surface area contributed by atoms with E-state index in [4.69, 9.17) is 0 Å². The van der Waals surface area contributed by atoms with Gasteiger partial charge in [-0.1, -0.05) is 18.2 Å². The lowest BCUT2D eigenvalue weighted by atomic mass is 10.1. The molecule has 0 saturated carbocycles. The van der Waals surface area contributed by atoms with E-state index in [2.05, 4.69) is 39.4 Å². The molecule has 0 spiro atoms. The second-order valence-corrected chi connectivity index (χ2v) is 8.54. The fraction of sp³-hybridized carbons (Fsp3) is 0.409. The molecule has 1 amide bonds. The fourth-order valence-corrected chi connectivity index (χ4v) is 3.97. The monoisotopic (exact) mass is 437 g/mol. The largest absolute Gasteiger partial charge is 0.446 e. The van der Waals surface area contributed by atoms with Gasteiger partial charge >= 0.3 is 5.51 Å². The van der Waals surface area contributed by atoms with Gasteiger partial charge in [0.1, 0.15) is 0 Å². The van der Waals surface area contributed by atoms with E-state index in [-0.39, 0.29) is 28.6 Å². The highest BCUT2D eigenvalue weighted by Gasteiger charge is 2.29. The summed E-state index contributed by atoms with van der Waals surface area (Å²) in [4.78, 5) is 17.2. The minimum atomic E-state index is -4.33. The molecule has 1 fully saturated rings. The zero-order valence-corrected chi connectivity index (χ0v) is 17.7. The van der Waals surface area contributed by atoms with Crippen molar-refractivity contribution in [1.82, 2.24) is 10.2 Å². The van der Waals surface area contributed by atoms with E-state index in [1.54, 1.807) is 0 Å². The quantitative estimate of drug-likeness (QED) is 0.641. The Kier molecular flexibility index (Phi) is 7.66. The second kappa shape index (κ2) is 10.2. The summed E-state index contributed by atoms with van der Waals surface area (Å²) in [5.41, 5.74) is -2.72. The molecule has 1 aliphatic rings. The number of benzene rings is 2. The Morgan fingerprint density at radius 1 is 1.03 bits per heavy atom. The van der Waals surface area contributed by atoms with Crippen LogP contribution in [0.4, 0.5) is 18.9 Å². The third kappa shape index (κ3) is 6.95. The summed E-state index contributed by atoms with van der Waals surface area (Å²) in [5.74, 6) is -0.264. The van der Waals surface area contributed by atoms with Crippen molar-refractivity contribution in [2.75, 3.05) is 37.6 Å². The summed E-state index contributed by atoms with van der Waals surface area (Å²) < 4.78 is 37.2. The van der Waals surface area contributed by atoms with Gasteiger partial charge in [-0.3, -0.25) is 9.69 Å². The van der Waals surface area contributed by atoms with Gasteiger partial charge in [0, 0.05) is 54.9 Å². The van der Waals surface area contributed by atoms with Crippen LogP contribution in [0.3, 0.4) is 0 Å². The van der Waals surface area contributed by atoms with Crippen LogP contribution in [0, 0.1) is 0 Å². The number of halogens is 3. The fourth-order valence-electron chi connectivity index (χ4n) is 3.43. The predicted molar refractivity (Wildman–Crippen MR) is 115 cm³/mol. The lowest BCUT2D eigenvalue weighted by Gasteiger charge is -2.36. The van der Waals surface area contributed by atoms with Crippen molar-refractivity contribution < 1.29 is 18.0 Å². The van der Waals surface area contributed by atoms with Crippen LogP contribution in [0.15, 0.2) is 59.5 Å². The molecule has 30 heavy (non-hydrogen) atoms. The summed E-state index contributed by atoms with van der Waals surface area (Å²) >= 11 is -0.183. The van der Waals surface area contributed by atoms with E-state index in [0.29, 0.717) is 5.56 Å². The Morgan fingerprint density at radius 2 is 1.67 bits per heavy atom. The number of carbonyl (C=O) groups excluding carboxylic acids is 1. The standard InChI is InChI=1S/C22H26F3N3OS/c1-17(26-21(29)18-7-9-20(10-8-18)30-22(23,24)25)11-12-27-13-15-28(16-14-27)19-5-3-2-4-6-19/h2-10,17H,11-16H2,1H3,(H,26,29). The summed E-state index contributed by atoms with van der Waals surface area (Å²) in [6.07, 6.45) is 0.819. The summed E-state index contributed by atoms with van der Waals surface area (Å²) in [5, 5.41) is 2.93. The van der Waals surface area contributed by atoms with Crippen LogP contribution in [-0.4, -0.2) is 55.1 Å². The van der Waals surface area contributed by atoms with Gasteiger partial charge in [0.25, 0.3) is 5.91 Å². The smallest absolute Gasteiger partial charge is 0.369 e. The average molecular weight is 438 g/mol. The minimum Gasteiger partial charge on any atom is -0.369 e. The molecule has 1 aliphatic heterocycles. The molecule has 0 aliphatic carbocycles. The van der Waals surface area contributed by atoms with Crippen molar-refractivity contribution in [2.24, 2.45) is 0 Å². The van der Waals surface area contributed by atoms with Crippen LogP contribution >= 0.6 is 11.8 Å². The lowest BCUT2D eigenvalue weighted by molar-refractivity contribution is -0.0328. The molecule has 0 aromatic heterocycles. The van der Waals surface area contributed by atoms with Crippen molar-refractivity contribution in [1.29, 1.82) is 0 Å². The zero-order valence-electron chi connectivity index (χ0n) is 16.9. The normalized spacial score (nSPS) is 16.3. The number of amides is 1. The number of piperazine rings is 1. The molecule has 1 saturated heterocycles. The van der Waals surface area contributed by atoms with Crippen molar-refractivity contribution in [2.45, 2.75) is 29.8 Å². The Hall–Kier alpha value is -2.19.